The molecule has 1 N–H and O–H groups in total. The van der Waals surface area contributed by atoms with Crippen LogP contribution in [0.3, 0.4) is 0 Å². The molecular weight excluding hydrogens is 303 g/mol. The summed E-state index contributed by atoms with van der Waals surface area (Å²) in [7, 11) is 1.57. The van der Waals surface area contributed by atoms with Crippen molar-refractivity contribution in [2.75, 3.05) is 18.5 Å². The highest BCUT2D eigenvalue weighted by Gasteiger charge is 2.36. The van der Waals surface area contributed by atoms with Crippen molar-refractivity contribution in [1.29, 1.82) is 0 Å². The minimum absolute atomic E-state index is 0.101. The molecule has 2 rings (SSSR count). The van der Waals surface area contributed by atoms with E-state index in [1.807, 2.05) is 6.07 Å². The summed E-state index contributed by atoms with van der Waals surface area (Å²) in [6, 6.07) is 8.92. The number of aromatic nitrogens is 2. The molecule has 21 heavy (non-hydrogen) atoms. The van der Waals surface area contributed by atoms with E-state index in [2.05, 4.69) is 10.2 Å². The summed E-state index contributed by atoms with van der Waals surface area (Å²) in [6.45, 7) is 1.70. The lowest BCUT2D eigenvalue weighted by Gasteiger charge is -2.29. The van der Waals surface area contributed by atoms with Crippen molar-refractivity contribution in [1.82, 2.24) is 10.2 Å². The maximum atomic E-state index is 12.5. The van der Waals surface area contributed by atoms with Gasteiger partial charge in [0.2, 0.25) is 10.1 Å². The van der Waals surface area contributed by atoms with Gasteiger partial charge in [0.25, 0.3) is 0 Å². The maximum absolute atomic E-state index is 12.5. The van der Waals surface area contributed by atoms with E-state index < -0.39 is 16.8 Å². The molecule has 2 aromatic rings. The number of nitrogens with zero attached hydrogens (tertiary/aromatic N) is 3. The molecule has 0 bridgehead atoms. The minimum atomic E-state index is -4.50. The third-order valence-corrected chi connectivity index (χ3v) is 4.01. The highest BCUT2D eigenvalue weighted by atomic mass is 32.1. The van der Waals surface area contributed by atoms with Gasteiger partial charge in [-0.1, -0.05) is 41.7 Å². The molecule has 1 atom stereocenters. The second-order valence-electron chi connectivity index (χ2n) is 4.88. The van der Waals surface area contributed by atoms with Crippen molar-refractivity contribution < 1.29 is 18.3 Å². The SMILES string of the molecule is CN(CC(C)(O)c1ccccc1)c1nnc(C(F)(F)F)s1. The molecule has 1 aromatic carbocycles. The molecular formula is C13H14F3N3OS. The van der Waals surface area contributed by atoms with Crippen LogP contribution in [-0.2, 0) is 11.8 Å². The van der Waals surface area contributed by atoms with Gasteiger partial charge in [-0.2, -0.15) is 13.2 Å². The molecule has 0 spiro atoms. The Morgan fingerprint density at radius 2 is 1.81 bits per heavy atom. The number of likely N-dealkylation sites (N-methyl/N-ethyl adjacent to an activating group) is 1. The van der Waals surface area contributed by atoms with Gasteiger partial charge in [-0.15, -0.1) is 10.2 Å². The molecule has 1 unspecified atom stereocenters. The van der Waals surface area contributed by atoms with Crippen molar-refractivity contribution >= 4 is 16.5 Å². The number of rotatable bonds is 4. The van der Waals surface area contributed by atoms with E-state index in [1.165, 1.54) is 4.90 Å². The van der Waals surface area contributed by atoms with Crippen LogP contribution in [0.5, 0.6) is 0 Å². The average Bonchev–Trinajstić information content (AvgIpc) is 2.89. The van der Waals surface area contributed by atoms with E-state index in [4.69, 9.17) is 0 Å². The number of hydrogen-bond donors (Lipinski definition) is 1. The fraction of sp³-hybridized carbons (Fsp3) is 0.385. The van der Waals surface area contributed by atoms with Gasteiger partial charge in [-0.05, 0) is 12.5 Å². The second-order valence-corrected chi connectivity index (χ2v) is 5.84. The molecule has 0 fully saturated rings. The summed E-state index contributed by atoms with van der Waals surface area (Å²) in [6.07, 6.45) is -4.50. The molecule has 4 nitrogen and oxygen atoms in total. The van der Waals surface area contributed by atoms with Crippen LogP contribution in [0.4, 0.5) is 18.3 Å². The zero-order valence-electron chi connectivity index (χ0n) is 11.4. The van der Waals surface area contributed by atoms with Crippen LogP contribution in [0.2, 0.25) is 0 Å². The molecule has 114 valence electrons. The average molecular weight is 317 g/mol. The molecule has 1 aromatic heterocycles. The van der Waals surface area contributed by atoms with Crippen molar-refractivity contribution in [3.05, 3.63) is 40.9 Å². The summed E-state index contributed by atoms with van der Waals surface area (Å²) >= 11 is 0.451. The zero-order chi connectivity index (χ0) is 15.7. The van der Waals surface area contributed by atoms with E-state index in [-0.39, 0.29) is 11.7 Å². The van der Waals surface area contributed by atoms with E-state index in [9.17, 15) is 18.3 Å². The molecule has 0 saturated heterocycles. The van der Waals surface area contributed by atoms with Gasteiger partial charge < -0.3 is 10.0 Å². The third kappa shape index (κ3) is 3.70. The Labute approximate surface area is 123 Å². The molecule has 0 amide bonds. The lowest BCUT2D eigenvalue weighted by Crippen LogP contribution is -2.36. The number of alkyl halides is 3. The Balaban J connectivity index is 2.14. The topological polar surface area (TPSA) is 49.2 Å². The van der Waals surface area contributed by atoms with Crippen molar-refractivity contribution in [2.24, 2.45) is 0 Å². The molecule has 1 heterocycles. The predicted octanol–water partition coefficient (Wildman–Crippen LogP) is 2.90. The number of benzene rings is 1. The highest BCUT2D eigenvalue weighted by Crippen LogP contribution is 2.34. The summed E-state index contributed by atoms with van der Waals surface area (Å²) in [5.74, 6) is 0. The Morgan fingerprint density at radius 1 is 1.19 bits per heavy atom. The van der Waals surface area contributed by atoms with Crippen LogP contribution in [0.15, 0.2) is 30.3 Å². The fourth-order valence-corrected chi connectivity index (χ4v) is 2.57. The van der Waals surface area contributed by atoms with E-state index in [0.29, 0.717) is 16.9 Å². The van der Waals surface area contributed by atoms with E-state index in [1.54, 1.807) is 38.2 Å². The first-order chi connectivity index (χ1) is 9.70. The van der Waals surface area contributed by atoms with Gasteiger partial charge in [0.1, 0.15) is 5.60 Å². The van der Waals surface area contributed by atoms with Crippen molar-refractivity contribution in [2.45, 2.75) is 18.7 Å². The monoisotopic (exact) mass is 317 g/mol. The fourth-order valence-electron chi connectivity index (χ4n) is 1.90. The summed E-state index contributed by atoms with van der Waals surface area (Å²) in [4.78, 5) is 1.46. The minimum Gasteiger partial charge on any atom is -0.384 e. The molecule has 0 saturated carbocycles. The molecule has 0 aliphatic rings. The van der Waals surface area contributed by atoms with Gasteiger partial charge in [0.05, 0.1) is 6.54 Å². The smallest absolute Gasteiger partial charge is 0.384 e. The Morgan fingerprint density at radius 3 is 2.33 bits per heavy atom. The van der Waals surface area contributed by atoms with Crippen LogP contribution >= 0.6 is 11.3 Å². The van der Waals surface area contributed by atoms with Gasteiger partial charge >= 0.3 is 6.18 Å². The Bertz CT molecular complexity index is 598. The molecule has 8 heteroatoms. The molecule has 0 aliphatic heterocycles. The molecule has 0 aliphatic carbocycles. The van der Waals surface area contributed by atoms with Crippen molar-refractivity contribution in [3.8, 4) is 0 Å². The van der Waals surface area contributed by atoms with Crippen LogP contribution in [0.1, 0.15) is 17.5 Å². The number of hydrogen-bond acceptors (Lipinski definition) is 5. The van der Waals surface area contributed by atoms with Crippen LogP contribution in [0, 0.1) is 0 Å². The van der Waals surface area contributed by atoms with Crippen molar-refractivity contribution in [3.63, 3.8) is 0 Å². The van der Waals surface area contributed by atoms with Crippen LogP contribution < -0.4 is 4.90 Å². The Kier molecular flexibility index (Phi) is 4.20. The maximum Gasteiger partial charge on any atom is 0.445 e. The number of anilines is 1. The first-order valence-corrected chi connectivity index (χ1v) is 6.91. The lowest BCUT2D eigenvalue weighted by molar-refractivity contribution is -0.138. The Hall–Kier alpha value is -1.67. The van der Waals surface area contributed by atoms with E-state index in [0.717, 1.165) is 0 Å². The molecule has 0 radical (unpaired) electrons. The number of aliphatic hydroxyl groups is 1. The first kappa shape index (κ1) is 15.7. The number of halogens is 3. The largest absolute Gasteiger partial charge is 0.445 e. The van der Waals surface area contributed by atoms with Gasteiger partial charge in [0, 0.05) is 7.05 Å². The normalized spacial score (nSPS) is 14.8. The van der Waals surface area contributed by atoms with E-state index >= 15 is 0 Å². The summed E-state index contributed by atoms with van der Waals surface area (Å²) in [5.41, 5.74) is -0.530. The van der Waals surface area contributed by atoms with Crippen LogP contribution in [0.25, 0.3) is 0 Å². The standard InChI is InChI=1S/C13H14F3N3OS/c1-12(20,9-6-4-3-5-7-9)8-19(2)11-18-17-10(21-11)13(14,15)16/h3-7,20H,8H2,1-2H3. The van der Waals surface area contributed by atoms with Gasteiger partial charge in [-0.3, -0.25) is 0 Å². The van der Waals surface area contributed by atoms with Gasteiger partial charge in [0.15, 0.2) is 0 Å². The first-order valence-electron chi connectivity index (χ1n) is 6.10. The lowest BCUT2D eigenvalue weighted by atomic mass is 9.96. The predicted molar refractivity (Wildman–Crippen MR) is 74.2 cm³/mol. The zero-order valence-corrected chi connectivity index (χ0v) is 12.2. The third-order valence-electron chi connectivity index (χ3n) is 2.92. The summed E-state index contributed by atoms with van der Waals surface area (Å²) < 4.78 is 37.5. The highest BCUT2D eigenvalue weighted by molar-refractivity contribution is 7.15. The van der Waals surface area contributed by atoms with Gasteiger partial charge in [-0.25, -0.2) is 0 Å². The summed E-state index contributed by atoms with van der Waals surface area (Å²) in [5, 5.41) is 16.2. The second kappa shape index (κ2) is 5.61. The quantitative estimate of drug-likeness (QED) is 0.942. The van der Waals surface area contributed by atoms with Crippen LogP contribution in [-0.4, -0.2) is 28.9 Å².